The van der Waals surface area contributed by atoms with E-state index in [-0.39, 0.29) is 51.4 Å². The fourth-order valence-corrected chi connectivity index (χ4v) is 0.486. The summed E-state index contributed by atoms with van der Waals surface area (Å²) >= 11 is 0. The van der Waals surface area contributed by atoms with Crippen LogP contribution >= 0.6 is 0 Å². The van der Waals surface area contributed by atoms with Crippen molar-refractivity contribution in [2.24, 2.45) is 7.05 Å². The van der Waals surface area contributed by atoms with Gasteiger partial charge in [0, 0.05) is 7.05 Å². The third kappa shape index (κ3) is 5.62. The molecule has 0 aliphatic carbocycles. The third-order valence-corrected chi connectivity index (χ3v) is 0.763. The predicted molar refractivity (Wildman–Crippen MR) is 38.1 cm³/mol. The van der Waals surface area contributed by atoms with E-state index in [4.69, 9.17) is 0 Å². The minimum atomic E-state index is 0. The van der Waals surface area contributed by atoms with Crippen LogP contribution in [0.2, 0.25) is 0 Å². The van der Waals surface area contributed by atoms with E-state index >= 15 is 0 Å². The zero-order valence-corrected chi connectivity index (χ0v) is 10.6. The second-order valence-electron chi connectivity index (χ2n) is 1.56. The van der Waals surface area contributed by atoms with Crippen LogP contribution in [0.3, 0.4) is 0 Å². The first kappa shape index (κ1) is 13.4. The summed E-state index contributed by atoms with van der Waals surface area (Å²) in [4.78, 5) is 0. The van der Waals surface area contributed by atoms with Gasteiger partial charge < -0.3 is 4.68 Å². The van der Waals surface area contributed by atoms with Crippen LogP contribution in [0.25, 0.3) is 0 Å². The number of hydrogen-bond donors (Lipinski definition) is 0. The Kier molecular flexibility index (Phi) is 10.7. The van der Waals surface area contributed by atoms with E-state index in [1.54, 1.807) is 10.9 Å². The SMILES string of the molecule is CC.Cc1[c-]n(C)nc1.[K+]. The normalized spacial score (nSPS) is 7.20. The minimum Gasteiger partial charge on any atom is -0.379 e. The number of nitrogens with zero attached hydrogens (tertiary/aromatic N) is 2. The zero-order valence-electron chi connectivity index (χ0n) is 7.47. The largest absolute Gasteiger partial charge is 1.00 e. The van der Waals surface area contributed by atoms with Crippen LogP contribution in [0.15, 0.2) is 6.20 Å². The van der Waals surface area contributed by atoms with Crippen molar-refractivity contribution in [2.75, 3.05) is 0 Å². The Bertz CT molecular complexity index is 144. The Morgan fingerprint density at radius 3 is 2.10 bits per heavy atom. The monoisotopic (exact) mass is 164 g/mol. The van der Waals surface area contributed by atoms with Crippen LogP contribution in [0, 0.1) is 13.1 Å². The number of aryl methyl sites for hydroxylation is 2. The quantitative estimate of drug-likeness (QED) is 0.339. The molecule has 0 atom stereocenters. The molecule has 0 aliphatic rings. The summed E-state index contributed by atoms with van der Waals surface area (Å²) in [6, 6.07) is 0. The van der Waals surface area contributed by atoms with Gasteiger partial charge in [-0.2, -0.15) is 5.56 Å². The van der Waals surface area contributed by atoms with E-state index < -0.39 is 0 Å². The molecule has 0 spiro atoms. The van der Waals surface area contributed by atoms with Crippen molar-refractivity contribution in [1.82, 2.24) is 9.78 Å². The van der Waals surface area contributed by atoms with Gasteiger partial charge in [0.05, 0.1) is 0 Å². The molecule has 1 rings (SSSR count). The van der Waals surface area contributed by atoms with Gasteiger partial charge in [-0.1, -0.05) is 20.8 Å². The van der Waals surface area contributed by atoms with E-state index in [1.165, 1.54) is 0 Å². The van der Waals surface area contributed by atoms with Gasteiger partial charge in [0.2, 0.25) is 0 Å². The molecule has 0 amide bonds. The molecule has 0 bridgehead atoms. The van der Waals surface area contributed by atoms with Crippen molar-refractivity contribution in [1.29, 1.82) is 0 Å². The zero-order chi connectivity index (χ0) is 7.28. The summed E-state index contributed by atoms with van der Waals surface area (Å²) in [7, 11) is 1.85. The van der Waals surface area contributed by atoms with Gasteiger partial charge in [-0.3, -0.25) is 5.10 Å². The first-order valence-corrected chi connectivity index (χ1v) is 3.17. The van der Waals surface area contributed by atoms with E-state index in [0.717, 1.165) is 5.56 Å². The third-order valence-electron chi connectivity index (χ3n) is 0.763. The van der Waals surface area contributed by atoms with Gasteiger partial charge in [-0.25, -0.2) is 0 Å². The van der Waals surface area contributed by atoms with Crippen LogP contribution in [0.1, 0.15) is 19.4 Å². The van der Waals surface area contributed by atoms with E-state index in [0.29, 0.717) is 0 Å². The summed E-state index contributed by atoms with van der Waals surface area (Å²) in [5.74, 6) is 0. The predicted octanol–water partition coefficient (Wildman–Crippen LogP) is -1.44. The maximum Gasteiger partial charge on any atom is 1.00 e. The van der Waals surface area contributed by atoms with Crippen LogP contribution in [-0.4, -0.2) is 9.78 Å². The topological polar surface area (TPSA) is 17.8 Å². The molecule has 0 aromatic carbocycles. The van der Waals surface area contributed by atoms with Gasteiger partial charge in [-0.15, -0.1) is 12.4 Å². The molecule has 0 radical (unpaired) electrons. The molecule has 0 N–H and O–H groups in total. The summed E-state index contributed by atoms with van der Waals surface area (Å²) in [6.45, 7) is 5.97. The standard InChI is InChI=1S/C5H7N2.C2H6.K/c1-5-3-6-7(2)4-5;1-2;/h3H,1-2H3;1-2H3;/q-1;;+1. The smallest absolute Gasteiger partial charge is 0.379 e. The minimum absolute atomic E-state index is 0. The van der Waals surface area contributed by atoms with Crippen molar-refractivity contribution in [2.45, 2.75) is 20.8 Å². The second-order valence-corrected chi connectivity index (χ2v) is 1.56. The molecule has 0 unspecified atom stereocenters. The van der Waals surface area contributed by atoms with Crippen LogP contribution < -0.4 is 51.4 Å². The van der Waals surface area contributed by atoms with Crippen molar-refractivity contribution in [3.8, 4) is 0 Å². The molecule has 1 aromatic heterocycles. The Morgan fingerprint density at radius 1 is 1.50 bits per heavy atom. The summed E-state index contributed by atoms with van der Waals surface area (Å²) in [6.07, 6.45) is 4.72. The molecule has 0 aliphatic heterocycles. The van der Waals surface area contributed by atoms with E-state index in [1.807, 2.05) is 27.8 Å². The summed E-state index contributed by atoms with van der Waals surface area (Å²) in [5, 5.41) is 3.88. The molecule has 0 fully saturated rings. The molecule has 2 nitrogen and oxygen atoms in total. The van der Waals surface area contributed by atoms with Crippen molar-refractivity contribution < 1.29 is 51.4 Å². The van der Waals surface area contributed by atoms with Gasteiger partial charge in [-0.05, 0) is 0 Å². The fourth-order valence-electron chi connectivity index (χ4n) is 0.486. The van der Waals surface area contributed by atoms with Gasteiger partial charge in [0.1, 0.15) is 0 Å². The number of aromatic nitrogens is 2. The van der Waals surface area contributed by atoms with Gasteiger partial charge >= 0.3 is 51.4 Å². The first-order chi connectivity index (χ1) is 4.29. The average Bonchev–Trinajstić information content (AvgIpc) is 2.20. The molecular formula is C7H13KN2. The molecular weight excluding hydrogens is 151 g/mol. The fraction of sp³-hybridized carbons (Fsp3) is 0.571. The summed E-state index contributed by atoms with van der Waals surface area (Å²) < 4.78 is 1.66. The van der Waals surface area contributed by atoms with E-state index in [2.05, 4.69) is 11.3 Å². The molecule has 0 saturated heterocycles. The van der Waals surface area contributed by atoms with Crippen LogP contribution in [-0.2, 0) is 7.05 Å². The molecule has 3 heteroatoms. The summed E-state index contributed by atoms with van der Waals surface area (Å²) in [5.41, 5.74) is 1.09. The van der Waals surface area contributed by atoms with Crippen LogP contribution in [0.5, 0.6) is 0 Å². The molecule has 10 heavy (non-hydrogen) atoms. The molecule has 1 aromatic rings. The first-order valence-electron chi connectivity index (χ1n) is 3.17. The van der Waals surface area contributed by atoms with Crippen LogP contribution in [0.4, 0.5) is 0 Å². The Hall–Kier alpha value is 0.846. The van der Waals surface area contributed by atoms with E-state index in [9.17, 15) is 0 Å². The maximum atomic E-state index is 3.88. The Morgan fingerprint density at radius 2 is 2.00 bits per heavy atom. The van der Waals surface area contributed by atoms with Gasteiger partial charge in [0.25, 0.3) is 0 Å². The Balaban J connectivity index is 0. The Labute approximate surface area is 105 Å². The number of rotatable bonds is 0. The molecule has 1 heterocycles. The average molecular weight is 164 g/mol. The van der Waals surface area contributed by atoms with Crippen molar-refractivity contribution >= 4 is 0 Å². The second kappa shape index (κ2) is 7.95. The maximum absolute atomic E-state index is 3.88. The van der Waals surface area contributed by atoms with Crippen molar-refractivity contribution in [3.05, 3.63) is 18.0 Å². The molecule has 52 valence electrons. The van der Waals surface area contributed by atoms with Gasteiger partial charge in [0.15, 0.2) is 0 Å². The van der Waals surface area contributed by atoms with Crippen molar-refractivity contribution in [3.63, 3.8) is 0 Å². The number of hydrogen-bond acceptors (Lipinski definition) is 1. The molecule has 0 saturated carbocycles.